The van der Waals surface area contributed by atoms with E-state index >= 15 is 0 Å². The first-order valence-corrected chi connectivity index (χ1v) is 6.34. The molecule has 0 radical (unpaired) electrons. The van der Waals surface area contributed by atoms with Gasteiger partial charge in [-0.05, 0) is 48.4 Å². The molecule has 0 bridgehead atoms. The molecule has 1 aliphatic rings. The van der Waals surface area contributed by atoms with E-state index in [4.69, 9.17) is 0 Å². The van der Waals surface area contributed by atoms with E-state index in [9.17, 15) is 5.11 Å². The third-order valence-corrected chi connectivity index (χ3v) is 3.81. The van der Waals surface area contributed by atoms with E-state index in [1.54, 1.807) is 0 Å². The highest BCUT2D eigenvalue weighted by Gasteiger charge is 2.38. The average molecular weight is 269 g/mol. The Morgan fingerprint density at radius 2 is 2.00 bits per heavy atom. The van der Waals surface area contributed by atoms with E-state index in [-0.39, 0.29) is 0 Å². The van der Waals surface area contributed by atoms with Crippen LogP contribution < -0.4 is 0 Å². The van der Waals surface area contributed by atoms with Crippen molar-refractivity contribution < 1.29 is 5.11 Å². The highest BCUT2D eigenvalue weighted by molar-refractivity contribution is 9.10. The van der Waals surface area contributed by atoms with Gasteiger partial charge in [0.1, 0.15) is 0 Å². The van der Waals surface area contributed by atoms with Crippen molar-refractivity contribution in [2.45, 2.75) is 44.6 Å². The van der Waals surface area contributed by atoms with Crippen LogP contribution in [-0.4, -0.2) is 5.11 Å². The van der Waals surface area contributed by atoms with Gasteiger partial charge in [0, 0.05) is 4.47 Å². The number of benzene rings is 1. The highest BCUT2D eigenvalue weighted by Crippen LogP contribution is 2.44. The Hall–Kier alpha value is -0.340. The van der Waals surface area contributed by atoms with Crippen LogP contribution in [0, 0.1) is 0 Å². The van der Waals surface area contributed by atoms with Gasteiger partial charge in [-0.15, -0.1) is 0 Å². The zero-order valence-electron chi connectivity index (χ0n) is 9.26. The first-order valence-electron chi connectivity index (χ1n) is 5.55. The van der Waals surface area contributed by atoms with Crippen LogP contribution in [0.2, 0.25) is 0 Å². The third-order valence-electron chi connectivity index (χ3n) is 3.32. The summed E-state index contributed by atoms with van der Waals surface area (Å²) in [6.45, 7) is 4.35. The average Bonchev–Trinajstić information content (AvgIpc) is 2.14. The monoisotopic (exact) mass is 268 g/mol. The summed E-state index contributed by atoms with van der Waals surface area (Å²) < 4.78 is 1.10. The van der Waals surface area contributed by atoms with Crippen LogP contribution in [-0.2, 0) is 5.60 Å². The Morgan fingerprint density at radius 1 is 1.33 bits per heavy atom. The van der Waals surface area contributed by atoms with Crippen molar-refractivity contribution in [3.63, 3.8) is 0 Å². The summed E-state index contributed by atoms with van der Waals surface area (Å²) in [7, 11) is 0. The number of hydrogen-bond acceptors (Lipinski definition) is 1. The van der Waals surface area contributed by atoms with Crippen LogP contribution >= 0.6 is 15.9 Å². The molecule has 15 heavy (non-hydrogen) atoms. The maximum absolute atomic E-state index is 10.4. The second kappa shape index (κ2) is 3.91. The Bertz CT molecular complexity index is 367. The van der Waals surface area contributed by atoms with Gasteiger partial charge in [0.05, 0.1) is 5.60 Å². The van der Waals surface area contributed by atoms with E-state index in [0.29, 0.717) is 5.92 Å². The Kier molecular flexibility index (Phi) is 2.91. The zero-order chi connectivity index (χ0) is 11.1. The van der Waals surface area contributed by atoms with Crippen LogP contribution in [0.3, 0.4) is 0 Å². The number of halogens is 1. The fourth-order valence-electron chi connectivity index (χ4n) is 2.22. The molecule has 82 valence electrons. The lowest BCUT2D eigenvalue weighted by Crippen LogP contribution is -2.34. The Morgan fingerprint density at radius 3 is 2.47 bits per heavy atom. The second-order valence-electron chi connectivity index (χ2n) is 4.77. The molecule has 1 aliphatic carbocycles. The minimum absolute atomic E-state index is 0.460. The summed E-state index contributed by atoms with van der Waals surface area (Å²) >= 11 is 3.49. The highest BCUT2D eigenvalue weighted by atomic mass is 79.9. The fourth-order valence-corrected chi connectivity index (χ4v) is 2.59. The van der Waals surface area contributed by atoms with Gasteiger partial charge < -0.3 is 5.11 Å². The molecule has 0 spiro atoms. The molecule has 1 aromatic rings. The van der Waals surface area contributed by atoms with E-state index in [1.807, 2.05) is 6.07 Å². The van der Waals surface area contributed by atoms with Gasteiger partial charge in [-0.1, -0.05) is 35.8 Å². The number of aliphatic hydroxyl groups is 1. The summed E-state index contributed by atoms with van der Waals surface area (Å²) in [6, 6.07) is 6.23. The van der Waals surface area contributed by atoms with Gasteiger partial charge >= 0.3 is 0 Å². The van der Waals surface area contributed by atoms with Crippen LogP contribution in [0.4, 0.5) is 0 Å². The maximum Gasteiger partial charge on any atom is 0.0899 e. The van der Waals surface area contributed by atoms with Crippen molar-refractivity contribution in [3.8, 4) is 0 Å². The molecule has 0 unspecified atom stereocenters. The van der Waals surface area contributed by atoms with Crippen molar-refractivity contribution in [1.82, 2.24) is 0 Å². The lowest BCUT2D eigenvalue weighted by Gasteiger charge is -2.39. The third kappa shape index (κ3) is 1.98. The molecule has 0 aliphatic heterocycles. The van der Waals surface area contributed by atoms with Gasteiger partial charge in [-0.3, -0.25) is 0 Å². The number of hydrogen-bond donors (Lipinski definition) is 1. The smallest absolute Gasteiger partial charge is 0.0899 e. The molecule has 0 heterocycles. The standard InChI is InChI=1S/C13H17BrO/c1-9(2)11-8-10(14)4-5-12(11)13(15)6-3-7-13/h4-5,8-9,15H,3,6-7H2,1-2H3. The van der Waals surface area contributed by atoms with Crippen molar-refractivity contribution in [2.24, 2.45) is 0 Å². The molecule has 2 rings (SSSR count). The fraction of sp³-hybridized carbons (Fsp3) is 0.538. The first kappa shape index (κ1) is 11.2. The molecular formula is C13H17BrO. The molecule has 0 aromatic heterocycles. The summed E-state index contributed by atoms with van der Waals surface area (Å²) in [5.41, 5.74) is 1.86. The molecule has 1 N–H and O–H groups in total. The lowest BCUT2D eigenvalue weighted by molar-refractivity contribution is -0.0397. The molecular weight excluding hydrogens is 252 g/mol. The number of rotatable bonds is 2. The van der Waals surface area contributed by atoms with E-state index in [2.05, 4.69) is 41.9 Å². The largest absolute Gasteiger partial charge is 0.385 e. The Balaban J connectivity index is 2.46. The van der Waals surface area contributed by atoms with E-state index in [0.717, 1.165) is 29.3 Å². The molecule has 1 nitrogen and oxygen atoms in total. The van der Waals surface area contributed by atoms with Gasteiger partial charge in [-0.25, -0.2) is 0 Å². The van der Waals surface area contributed by atoms with Gasteiger partial charge in [0.15, 0.2) is 0 Å². The molecule has 1 saturated carbocycles. The van der Waals surface area contributed by atoms with Crippen molar-refractivity contribution in [3.05, 3.63) is 33.8 Å². The van der Waals surface area contributed by atoms with Gasteiger partial charge in [0.25, 0.3) is 0 Å². The van der Waals surface area contributed by atoms with E-state index < -0.39 is 5.60 Å². The minimum Gasteiger partial charge on any atom is -0.385 e. The SMILES string of the molecule is CC(C)c1cc(Br)ccc1C1(O)CCC1. The Labute approximate surface area is 99.6 Å². The molecule has 0 saturated heterocycles. The normalized spacial score (nSPS) is 19.0. The van der Waals surface area contributed by atoms with Crippen LogP contribution in [0.15, 0.2) is 22.7 Å². The van der Waals surface area contributed by atoms with Gasteiger partial charge in [0.2, 0.25) is 0 Å². The second-order valence-corrected chi connectivity index (χ2v) is 5.69. The predicted octanol–water partition coefficient (Wildman–Crippen LogP) is 3.94. The summed E-state index contributed by atoms with van der Waals surface area (Å²) in [4.78, 5) is 0. The molecule has 2 heteroatoms. The summed E-state index contributed by atoms with van der Waals surface area (Å²) in [5, 5.41) is 10.4. The van der Waals surface area contributed by atoms with Crippen LogP contribution in [0.25, 0.3) is 0 Å². The summed E-state index contributed by atoms with van der Waals surface area (Å²) in [6.07, 6.45) is 2.97. The molecule has 1 fully saturated rings. The van der Waals surface area contributed by atoms with Crippen LogP contribution in [0.1, 0.15) is 50.2 Å². The first-order chi connectivity index (χ1) is 7.03. The van der Waals surface area contributed by atoms with Crippen LogP contribution in [0.5, 0.6) is 0 Å². The molecule has 0 amide bonds. The predicted molar refractivity (Wildman–Crippen MR) is 66.0 cm³/mol. The van der Waals surface area contributed by atoms with Gasteiger partial charge in [-0.2, -0.15) is 0 Å². The van der Waals surface area contributed by atoms with Crippen molar-refractivity contribution in [1.29, 1.82) is 0 Å². The summed E-state index contributed by atoms with van der Waals surface area (Å²) in [5.74, 6) is 0.460. The zero-order valence-corrected chi connectivity index (χ0v) is 10.8. The maximum atomic E-state index is 10.4. The lowest BCUT2D eigenvalue weighted by atomic mass is 9.72. The minimum atomic E-state index is -0.541. The quantitative estimate of drug-likeness (QED) is 0.862. The topological polar surface area (TPSA) is 20.2 Å². The van der Waals surface area contributed by atoms with Crippen molar-refractivity contribution >= 4 is 15.9 Å². The molecule has 0 atom stereocenters. The van der Waals surface area contributed by atoms with E-state index in [1.165, 1.54) is 5.56 Å². The molecule has 1 aromatic carbocycles. The van der Waals surface area contributed by atoms with Crippen molar-refractivity contribution in [2.75, 3.05) is 0 Å².